The number of aryl methyl sites for hydroxylation is 1. The molecule has 0 radical (unpaired) electrons. The molecule has 6 heteroatoms. The molecule has 1 aromatic carbocycles. The van der Waals surface area contributed by atoms with Crippen molar-refractivity contribution in [3.05, 3.63) is 87.9 Å². The van der Waals surface area contributed by atoms with E-state index >= 15 is 0 Å². The van der Waals surface area contributed by atoms with Crippen molar-refractivity contribution in [1.82, 2.24) is 15.2 Å². The van der Waals surface area contributed by atoms with E-state index in [1.807, 2.05) is 71.8 Å². The van der Waals surface area contributed by atoms with Crippen LogP contribution in [0.2, 0.25) is 0 Å². The maximum absolute atomic E-state index is 13.0. The summed E-state index contributed by atoms with van der Waals surface area (Å²) in [6.45, 7) is 3.20. The molecule has 1 saturated heterocycles. The maximum Gasteiger partial charge on any atom is 0.253 e. The minimum atomic E-state index is -0.245. The van der Waals surface area contributed by atoms with Crippen LogP contribution in [0.4, 0.5) is 0 Å². The van der Waals surface area contributed by atoms with Crippen LogP contribution >= 0.6 is 11.3 Å². The van der Waals surface area contributed by atoms with Gasteiger partial charge in [0.15, 0.2) is 0 Å². The summed E-state index contributed by atoms with van der Waals surface area (Å²) in [5.41, 5.74) is 2.67. The molecule has 1 aliphatic rings. The molecule has 3 aromatic rings. The third kappa shape index (κ3) is 4.60. The highest BCUT2D eigenvalue weighted by Crippen LogP contribution is 2.27. The number of carbonyl (C=O) groups excluding carboxylic acids is 2. The van der Waals surface area contributed by atoms with Crippen molar-refractivity contribution < 1.29 is 9.59 Å². The summed E-state index contributed by atoms with van der Waals surface area (Å²) in [6, 6.07) is 17.2. The van der Waals surface area contributed by atoms with Crippen LogP contribution in [0.25, 0.3) is 0 Å². The van der Waals surface area contributed by atoms with Gasteiger partial charge in [-0.1, -0.05) is 29.8 Å². The Morgan fingerprint density at radius 3 is 2.47 bits per heavy atom. The molecular weight excluding hydrogens is 394 g/mol. The van der Waals surface area contributed by atoms with E-state index < -0.39 is 0 Å². The fourth-order valence-corrected chi connectivity index (χ4v) is 4.56. The van der Waals surface area contributed by atoms with E-state index in [4.69, 9.17) is 0 Å². The van der Waals surface area contributed by atoms with Crippen molar-refractivity contribution in [2.75, 3.05) is 13.1 Å². The molecule has 0 bridgehead atoms. The van der Waals surface area contributed by atoms with Crippen LogP contribution in [0.15, 0.2) is 66.2 Å². The van der Waals surface area contributed by atoms with Gasteiger partial charge in [0, 0.05) is 35.6 Å². The lowest BCUT2D eigenvalue weighted by atomic mass is 9.94. The van der Waals surface area contributed by atoms with Gasteiger partial charge in [0.05, 0.1) is 5.69 Å². The van der Waals surface area contributed by atoms with Crippen LogP contribution < -0.4 is 5.32 Å². The first-order chi connectivity index (χ1) is 14.6. The first kappa shape index (κ1) is 20.3. The van der Waals surface area contributed by atoms with Crippen LogP contribution in [-0.4, -0.2) is 34.8 Å². The van der Waals surface area contributed by atoms with Gasteiger partial charge in [-0.05, 0) is 55.5 Å². The predicted octanol–water partition coefficient (Wildman–Crippen LogP) is 4.21. The Kier molecular flexibility index (Phi) is 6.23. The molecule has 1 aliphatic heterocycles. The SMILES string of the molecule is Cc1ccc(C(=O)N2CCC(C(=O)NC(c3ccccn3)c3cccs3)CC2)cc1. The quantitative estimate of drug-likeness (QED) is 0.674. The minimum Gasteiger partial charge on any atom is -0.343 e. The van der Waals surface area contributed by atoms with Gasteiger partial charge in [0.25, 0.3) is 5.91 Å². The second-order valence-corrected chi connectivity index (χ2v) is 8.62. The Labute approximate surface area is 180 Å². The van der Waals surface area contributed by atoms with E-state index in [-0.39, 0.29) is 23.8 Å². The highest BCUT2D eigenvalue weighted by molar-refractivity contribution is 7.10. The molecule has 1 N–H and O–H groups in total. The molecule has 0 aliphatic carbocycles. The lowest BCUT2D eigenvalue weighted by Gasteiger charge is -2.32. The topological polar surface area (TPSA) is 62.3 Å². The van der Waals surface area contributed by atoms with Crippen LogP contribution in [0.1, 0.15) is 45.4 Å². The van der Waals surface area contributed by atoms with Crippen LogP contribution in [-0.2, 0) is 4.79 Å². The predicted molar refractivity (Wildman–Crippen MR) is 118 cm³/mol. The largest absolute Gasteiger partial charge is 0.343 e. The fraction of sp³-hybridized carbons (Fsp3) is 0.292. The summed E-state index contributed by atoms with van der Waals surface area (Å²) >= 11 is 1.61. The molecule has 3 heterocycles. The summed E-state index contributed by atoms with van der Waals surface area (Å²) in [5.74, 6) is -0.0291. The van der Waals surface area contributed by atoms with Crippen LogP contribution in [0.5, 0.6) is 0 Å². The van der Waals surface area contributed by atoms with Gasteiger partial charge in [-0.15, -0.1) is 11.3 Å². The third-order valence-corrected chi connectivity index (χ3v) is 6.49. The highest BCUT2D eigenvalue weighted by atomic mass is 32.1. The Balaban J connectivity index is 1.39. The second-order valence-electron chi connectivity index (χ2n) is 7.64. The van der Waals surface area contributed by atoms with E-state index in [9.17, 15) is 9.59 Å². The normalized spacial score (nSPS) is 15.6. The lowest BCUT2D eigenvalue weighted by Crippen LogP contribution is -2.43. The number of nitrogens with one attached hydrogen (secondary N) is 1. The number of piperidine rings is 1. The summed E-state index contributed by atoms with van der Waals surface area (Å²) < 4.78 is 0. The molecule has 154 valence electrons. The second kappa shape index (κ2) is 9.22. The van der Waals surface area contributed by atoms with Gasteiger partial charge in [-0.25, -0.2) is 0 Å². The van der Waals surface area contributed by atoms with E-state index in [0.717, 1.165) is 16.1 Å². The number of pyridine rings is 1. The van der Waals surface area contributed by atoms with E-state index in [1.54, 1.807) is 17.5 Å². The van der Waals surface area contributed by atoms with Crippen LogP contribution in [0.3, 0.4) is 0 Å². The van der Waals surface area contributed by atoms with Crippen molar-refractivity contribution in [3.8, 4) is 0 Å². The molecule has 30 heavy (non-hydrogen) atoms. The van der Waals surface area contributed by atoms with Gasteiger partial charge in [-0.2, -0.15) is 0 Å². The number of likely N-dealkylation sites (tertiary alicyclic amines) is 1. The summed E-state index contributed by atoms with van der Waals surface area (Å²) in [7, 11) is 0. The van der Waals surface area contributed by atoms with E-state index in [2.05, 4.69) is 10.3 Å². The van der Waals surface area contributed by atoms with Crippen molar-refractivity contribution in [3.63, 3.8) is 0 Å². The van der Waals surface area contributed by atoms with Crippen LogP contribution in [0, 0.1) is 12.8 Å². The smallest absolute Gasteiger partial charge is 0.253 e. The van der Waals surface area contributed by atoms with Crippen molar-refractivity contribution in [1.29, 1.82) is 0 Å². The molecule has 1 fully saturated rings. The summed E-state index contributed by atoms with van der Waals surface area (Å²) in [5, 5.41) is 5.20. The molecule has 1 unspecified atom stereocenters. The average molecular weight is 420 g/mol. The lowest BCUT2D eigenvalue weighted by molar-refractivity contribution is -0.126. The third-order valence-electron chi connectivity index (χ3n) is 5.55. The van der Waals surface area contributed by atoms with Gasteiger partial charge in [0.1, 0.15) is 6.04 Å². The molecular formula is C24H25N3O2S. The molecule has 1 atom stereocenters. The number of aromatic nitrogens is 1. The van der Waals surface area contributed by atoms with Gasteiger partial charge >= 0.3 is 0 Å². The summed E-state index contributed by atoms with van der Waals surface area (Å²) in [4.78, 5) is 33.1. The zero-order valence-corrected chi connectivity index (χ0v) is 17.8. The number of carbonyl (C=O) groups is 2. The Morgan fingerprint density at radius 2 is 1.83 bits per heavy atom. The Hall–Kier alpha value is -2.99. The monoisotopic (exact) mass is 419 g/mol. The number of hydrogen-bond donors (Lipinski definition) is 1. The molecule has 2 aromatic heterocycles. The van der Waals surface area contributed by atoms with Gasteiger partial charge < -0.3 is 10.2 Å². The van der Waals surface area contributed by atoms with E-state index in [1.165, 1.54) is 0 Å². The number of benzene rings is 1. The summed E-state index contributed by atoms with van der Waals surface area (Å²) in [6.07, 6.45) is 3.09. The average Bonchev–Trinajstić information content (AvgIpc) is 3.33. The molecule has 5 nitrogen and oxygen atoms in total. The number of nitrogens with zero attached hydrogens (tertiary/aromatic N) is 2. The van der Waals surface area contributed by atoms with E-state index in [0.29, 0.717) is 31.5 Å². The molecule has 0 saturated carbocycles. The minimum absolute atomic E-state index is 0.0292. The zero-order valence-electron chi connectivity index (χ0n) is 17.0. The standard InChI is InChI=1S/C24H25N3O2S/c1-17-7-9-19(10-8-17)24(29)27-14-11-18(12-15-27)23(28)26-22(21-6-4-16-30-21)20-5-2-3-13-25-20/h2-10,13,16,18,22H,11-12,14-15H2,1H3,(H,26,28). The molecule has 2 amide bonds. The molecule has 4 rings (SSSR count). The van der Waals surface area contributed by atoms with Crippen molar-refractivity contribution in [2.45, 2.75) is 25.8 Å². The maximum atomic E-state index is 13.0. The van der Waals surface area contributed by atoms with Crippen molar-refractivity contribution in [2.24, 2.45) is 5.92 Å². The number of thiophene rings is 1. The van der Waals surface area contributed by atoms with Gasteiger partial charge in [0.2, 0.25) is 5.91 Å². The first-order valence-electron chi connectivity index (χ1n) is 10.2. The van der Waals surface area contributed by atoms with Crippen molar-refractivity contribution >= 4 is 23.2 Å². The fourth-order valence-electron chi connectivity index (χ4n) is 3.78. The number of hydrogen-bond acceptors (Lipinski definition) is 4. The Morgan fingerprint density at radius 1 is 1.07 bits per heavy atom. The molecule has 0 spiro atoms. The zero-order chi connectivity index (χ0) is 20.9. The van der Waals surface area contributed by atoms with Gasteiger partial charge in [-0.3, -0.25) is 14.6 Å². The Bertz CT molecular complexity index is 979. The highest BCUT2D eigenvalue weighted by Gasteiger charge is 2.30. The number of rotatable bonds is 5. The first-order valence-corrected chi connectivity index (χ1v) is 11.1. The number of amides is 2.